The molecule has 0 atom stereocenters. The highest BCUT2D eigenvalue weighted by Crippen LogP contribution is 2.31. The molecule has 1 aromatic heterocycles. The van der Waals surface area contributed by atoms with Crippen LogP contribution in [0.4, 0.5) is 5.82 Å². The molecule has 2 aromatic rings. The molecule has 31 heavy (non-hydrogen) atoms. The number of rotatable bonds is 10. The number of fused-ring (bicyclic) bond motifs is 1. The molecule has 0 saturated carbocycles. The number of hydrogen-bond donors (Lipinski definition) is 1. The minimum absolute atomic E-state index is 0.173. The Kier molecular flexibility index (Phi) is 8.03. The van der Waals surface area contributed by atoms with Crippen LogP contribution in [0.15, 0.2) is 30.3 Å². The lowest BCUT2D eigenvalue weighted by atomic mass is 9.95. The van der Waals surface area contributed by atoms with Gasteiger partial charge < -0.3 is 19.9 Å². The standard InChI is InChI=1S/C25H39N5O/c1-25(2)18-22-21(19-31-25)23(26-14-10-15-28(3)4)27-24(20-12-8-7-9-13-20)30(22)17-11-16-29(5)6/h7-9,12-13H,10-11,14-19H2,1-6H3/p+1. The van der Waals surface area contributed by atoms with Crippen molar-refractivity contribution in [2.45, 2.75) is 51.9 Å². The van der Waals surface area contributed by atoms with Gasteiger partial charge >= 0.3 is 5.82 Å². The summed E-state index contributed by atoms with van der Waals surface area (Å²) in [5, 5.41) is 3.63. The molecule has 1 aromatic carbocycles. The van der Waals surface area contributed by atoms with Gasteiger partial charge in [0.2, 0.25) is 0 Å². The van der Waals surface area contributed by atoms with Crippen molar-refractivity contribution in [3.63, 3.8) is 0 Å². The summed E-state index contributed by atoms with van der Waals surface area (Å²) in [6.07, 6.45) is 3.05. The number of benzene rings is 1. The molecule has 0 aliphatic carbocycles. The van der Waals surface area contributed by atoms with E-state index in [9.17, 15) is 0 Å². The quantitative estimate of drug-likeness (QED) is 0.467. The first-order valence-electron chi connectivity index (χ1n) is 11.4. The first-order valence-corrected chi connectivity index (χ1v) is 11.4. The topological polar surface area (TPSA) is 44.5 Å². The average molecular weight is 427 g/mol. The summed E-state index contributed by atoms with van der Waals surface area (Å²) in [4.78, 5) is 9.63. The second-order valence-corrected chi connectivity index (χ2v) is 9.69. The fourth-order valence-electron chi connectivity index (χ4n) is 4.08. The van der Waals surface area contributed by atoms with Gasteiger partial charge in [0.15, 0.2) is 0 Å². The van der Waals surface area contributed by atoms with Crippen molar-refractivity contribution in [2.75, 3.05) is 53.1 Å². The van der Waals surface area contributed by atoms with Crippen LogP contribution in [-0.4, -0.2) is 68.2 Å². The molecule has 0 bridgehead atoms. The van der Waals surface area contributed by atoms with Crippen molar-refractivity contribution in [3.8, 4) is 11.4 Å². The minimum atomic E-state index is -0.173. The molecule has 0 saturated heterocycles. The predicted octanol–water partition coefficient (Wildman–Crippen LogP) is 3.20. The summed E-state index contributed by atoms with van der Waals surface area (Å²) < 4.78 is 8.66. The van der Waals surface area contributed by atoms with E-state index in [-0.39, 0.29) is 5.60 Å². The Morgan fingerprint density at radius 2 is 1.71 bits per heavy atom. The van der Waals surface area contributed by atoms with E-state index in [0.717, 1.165) is 62.6 Å². The summed E-state index contributed by atoms with van der Waals surface area (Å²) in [5.74, 6) is 2.03. The Balaban J connectivity index is 2.02. The van der Waals surface area contributed by atoms with Crippen molar-refractivity contribution in [1.29, 1.82) is 0 Å². The Hall–Kier alpha value is -2.02. The lowest BCUT2D eigenvalue weighted by Crippen LogP contribution is -2.49. The summed E-state index contributed by atoms with van der Waals surface area (Å²) in [6, 6.07) is 10.6. The van der Waals surface area contributed by atoms with Gasteiger partial charge in [-0.1, -0.05) is 18.2 Å². The number of hydrogen-bond acceptors (Lipinski definition) is 5. The minimum Gasteiger partial charge on any atom is -0.370 e. The maximum atomic E-state index is 6.21. The van der Waals surface area contributed by atoms with Crippen LogP contribution in [0.25, 0.3) is 11.4 Å². The smallest absolute Gasteiger partial charge is 0.333 e. The maximum absolute atomic E-state index is 6.21. The van der Waals surface area contributed by atoms with E-state index < -0.39 is 0 Å². The van der Waals surface area contributed by atoms with E-state index in [0.29, 0.717) is 6.61 Å². The molecule has 0 fully saturated rings. The van der Waals surface area contributed by atoms with Gasteiger partial charge in [-0.25, -0.2) is 4.57 Å². The average Bonchev–Trinajstić information content (AvgIpc) is 2.71. The van der Waals surface area contributed by atoms with Crippen LogP contribution in [0.2, 0.25) is 0 Å². The van der Waals surface area contributed by atoms with Gasteiger partial charge in [-0.3, -0.25) is 0 Å². The van der Waals surface area contributed by atoms with Crippen LogP contribution in [0.1, 0.15) is 37.9 Å². The molecule has 1 aliphatic heterocycles. The fraction of sp³-hybridized carbons (Fsp3) is 0.600. The first kappa shape index (κ1) is 23.6. The molecule has 0 unspecified atom stereocenters. The van der Waals surface area contributed by atoms with E-state index >= 15 is 0 Å². The Morgan fingerprint density at radius 3 is 2.39 bits per heavy atom. The number of anilines is 1. The van der Waals surface area contributed by atoms with Gasteiger partial charge in [0.05, 0.1) is 29.9 Å². The first-order chi connectivity index (χ1) is 14.8. The third-order valence-corrected chi connectivity index (χ3v) is 5.73. The molecule has 0 spiro atoms. The molecular formula is C25H40N5O+. The van der Waals surface area contributed by atoms with Gasteiger partial charge in [-0.05, 0) is 78.5 Å². The second kappa shape index (κ2) is 10.5. The van der Waals surface area contributed by atoms with Crippen molar-refractivity contribution < 1.29 is 9.30 Å². The van der Waals surface area contributed by atoms with E-state index in [1.165, 1.54) is 11.3 Å². The number of nitrogens with zero attached hydrogens (tertiary/aromatic N) is 4. The SMILES string of the molecule is CN(C)CCCNc1nc(-c2ccccc2)[n+](CCCN(C)C)c2c1COC(C)(C)C2. The summed E-state index contributed by atoms with van der Waals surface area (Å²) in [6.45, 7) is 8.95. The van der Waals surface area contributed by atoms with Gasteiger partial charge in [0, 0.05) is 19.5 Å². The highest BCUT2D eigenvalue weighted by molar-refractivity contribution is 5.57. The van der Waals surface area contributed by atoms with Crippen LogP contribution in [0, 0.1) is 0 Å². The molecule has 0 radical (unpaired) electrons. The largest absolute Gasteiger partial charge is 0.370 e. The van der Waals surface area contributed by atoms with Crippen LogP contribution < -0.4 is 9.88 Å². The molecule has 170 valence electrons. The summed E-state index contributed by atoms with van der Waals surface area (Å²) >= 11 is 0. The monoisotopic (exact) mass is 426 g/mol. The van der Waals surface area contributed by atoms with Gasteiger partial charge in [0.1, 0.15) is 5.69 Å². The Labute approximate surface area is 188 Å². The highest BCUT2D eigenvalue weighted by atomic mass is 16.5. The molecule has 6 nitrogen and oxygen atoms in total. The number of ether oxygens (including phenoxy) is 1. The van der Waals surface area contributed by atoms with Crippen molar-refractivity contribution in [3.05, 3.63) is 41.6 Å². The lowest BCUT2D eigenvalue weighted by molar-refractivity contribution is -0.698. The molecule has 6 heteroatoms. The Bertz CT molecular complexity index is 849. The fourth-order valence-corrected chi connectivity index (χ4v) is 4.08. The molecule has 1 aliphatic rings. The molecule has 3 rings (SSSR count). The maximum Gasteiger partial charge on any atom is 0.333 e. The zero-order valence-electron chi connectivity index (χ0n) is 20.2. The molecule has 0 amide bonds. The van der Waals surface area contributed by atoms with Crippen LogP contribution in [0.5, 0.6) is 0 Å². The number of aromatic nitrogens is 2. The summed E-state index contributed by atoms with van der Waals surface area (Å²) in [7, 11) is 8.49. The van der Waals surface area contributed by atoms with Gasteiger partial charge in [-0.15, -0.1) is 0 Å². The molecule has 1 N–H and O–H groups in total. The zero-order valence-corrected chi connectivity index (χ0v) is 20.2. The molecule has 2 heterocycles. The number of nitrogens with one attached hydrogen (secondary N) is 1. The second-order valence-electron chi connectivity index (χ2n) is 9.69. The van der Waals surface area contributed by atoms with Gasteiger partial charge in [0.25, 0.3) is 5.82 Å². The highest BCUT2D eigenvalue weighted by Gasteiger charge is 2.36. The third-order valence-electron chi connectivity index (χ3n) is 5.73. The van der Waals surface area contributed by atoms with Crippen LogP contribution >= 0.6 is 0 Å². The van der Waals surface area contributed by atoms with Crippen molar-refractivity contribution in [2.24, 2.45) is 0 Å². The van der Waals surface area contributed by atoms with Gasteiger partial charge in [-0.2, -0.15) is 0 Å². The van der Waals surface area contributed by atoms with Crippen LogP contribution in [-0.2, 0) is 24.3 Å². The zero-order chi connectivity index (χ0) is 22.4. The van der Waals surface area contributed by atoms with E-state index in [2.05, 4.69) is 92.1 Å². The summed E-state index contributed by atoms with van der Waals surface area (Å²) in [5.41, 5.74) is 3.57. The normalized spacial score (nSPS) is 15.4. The Morgan fingerprint density at radius 1 is 1.03 bits per heavy atom. The van der Waals surface area contributed by atoms with Crippen molar-refractivity contribution in [1.82, 2.24) is 14.8 Å². The van der Waals surface area contributed by atoms with Crippen LogP contribution in [0.3, 0.4) is 0 Å². The van der Waals surface area contributed by atoms with E-state index in [1.807, 2.05) is 0 Å². The predicted molar refractivity (Wildman–Crippen MR) is 127 cm³/mol. The molecular weight excluding hydrogens is 386 g/mol. The van der Waals surface area contributed by atoms with Crippen molar-refractivity contribution >= 4 is 5.82 Å². The lowest BCUT2D eigenvalue weighted by Gasteiger charge is -2.32. The van der Waals surface area contributed by atoms with E-state index in [1.54, 1.807) is 0 Å². The van der Waals surface area contributed by atoms with E-state index in [4.69, 9.17) is 9.72 Å². The third kappa shape index (κ3) is 6.48.